The molecule has 1 aliphatic heterocycles. The Kier molecular flexibility index (Phi) is 7.63. The number of carbonyl (C=O) groups is 2. The standard InChI is InChI=1S/C27H32N4O4/c1-18-5-11-24(12-6-18)31-25(13-19(2)29-31)28-26(32)17-34-27(33)23-9-7-22(8-10-23)16-30-14-20(3)35-21(4)15-30/h5-13,20-21H,14-17H2,1-4H3,(H,28,32). The number of aromatic nitrogens is 2. The Labute approximate surface area is 205 Å². The zero-order valence-corrected chi connectivity index (χ0v) is 20.7. The number of amides is 1. The number of ether oxygens (including phenoxy) is 2. The Morgan fingerprint density at radius 1 is 1.03 bits per heavy atom. The van der Waals surface area contributed by atoms with Crippen LogP contribution >= 0.6 is 0 Å². The third kappa shape index (κ3) is 6.55. The fraction of sp³-hybridized carbons (Fsp3) is 0.370. The summed E-state index contributed by atoms with van der Waals surface area (Å²) in [5, 5.41) is 7.23. The Bertz CT molecular complexity index is 1160. The van der Waals surface area contributed by atoms with Crippen LogP contribution in [0.15, 0.2) is 54.6 Å². The van der Waals surface area contributed by atoms with Gasteiger partial charge in [0.05, 0.1) is 29.2 Å². The number of hydrogen-bond acceptors (Lipinski definition) is 6. The van der Waals surface area contributed by atoms with Crippen molar-refractivity contribution < 1.29 is 19.1 Å². The van der Waals surface area contributed by atoms with Crippen molar-refractivity contribution in [2.75, 3.05) is 25.0 Å². The van der Waals surface area contributed by atoms with Crippen molar-refractivity contribution in [3.8, 4) is 5.69 Å². The van der Waals surface area contributed by atoms with Crippen molar-refractivity contribution in [3.05, 3.63) is 77.0 Å². The van der Waals surface area contributed by atoms with Crippen LogP contribution in [0.5, 0.6) is 0 Å². The van der Waals surface area contributed by atoms with Crippen molar-refractivity contribution in [1.29, 1.82) is 0 Å². The molecular weight excluding hydrogens is 444 g/mol. The first-order valence-corrected chi connectivity index (χ1v) is 11.8. The van der Waals surface area contributed by atoms with E-state index in [1.165, 1.54) is 0 Å². The lowest BCUT2D eigenvalue weighted by Gasteiger charge is -2.35. The van der Waals surface area contributed by atoms with E-state index in [0.717, 1.165) is 42.1 Å². The topological polar surface area (TPSA) is 85.7 Å². The number of esters is 1. The van der Waals surface area contributed by atoms with Gasteiger partial charge in [0.1, 0.15) is 5.82 Å². The average molecular weight is 477 g/mol. The lowest BCUT2D eigenvalue weighted by Crippen LogP contribution is -2.44. The minimum atomic E-state index is -0.538. The summed E-state index contributed by atoms with van der Waals surface area (Å²) >= 11 is 0. The molecule has 1 aromatic heterocycles. The molecule has 1 saturated heterocycles. The van der Waals surface area contributed by atoms with Crippen molar-refractivity contribution in [1.82, 2.24) is 14.7 Å². The molecule has 1 aliphatic rings. The molecule has 0 radical (unpaired) electrons. The van der Waals surface area contributed by atoms with Crippen LogP contribution in [0.3, 0.4) is 0 Å². The van der Waals surface area contributed by atoms with Crippen LogP contribution in [-0.2, 0) is 20.8 Å². The van der Waals surface area contributed by atoms with Crippen molar-refractivity contribution >= 4 is 17.7 Å². The lowest BCUT2D eigenvalue weighted by atomic mass is 10.1. The Balaban J connectivity index is 1.30. The molecule has 35 heavy (non-hydrogen) atoms. The summed E-state index contributed by atoms with van der Waals surface area (Å²) in [5.41, 5.74) is 4.25. The van der Waals surface area contributed by atoms with Crippen LogP contribution in [0.1, 0.15) is 41.0 Å². The molecule has 0 spiro atoms. The summed E-state index contributed by atoms with van der Waals surface area (Å²) in [7, 11) is 0. The second-order valence-electron chi connectivity index (χ2n) is 9.19. The maximum absolute atomic E-state index is 12.5. The summed E-state index contributed by atoms with van der Waals surface area (Å²) in [6.07, 6.45) is 0.414. The zero-order valence-electron chi connectivity index (χ0n) is 20.7. The van der Waals surface area contributed by atoms with E-state index in [1.54, 1.807) is 22.9 Å². The highest BCUT2D eigenvalue weighted by Gasteiger charge is 2.22. The molecule has 2 aromatic carbocycles. The van der Waals surface area contributed by atoms with E-state index in [4.69, 9.17) is 9.47 Å². The first-order valence-electron chi connectivity index (χ1n) is 11.8. The number of morpholine rings is 1. The highest BCUT2D eigenvalue weighted by Crippen LogP contribution is 2.18. The third-order valence-corrected chi connectivity index (χ3v) is 5.80. The van der Waals surface area contributed by atoms with Gasteiger partial charge < -0.3 is 14.8 Å². The Morgan fingerprint density at radius 2 is 1.69 bits per heavy atom. The Morgan fingerprint density at radius 3 is 2.34 bits per heavy atom. The second-order valence-corrected chi connectivity index (χ2v) is 9.19. The van der Waals surface area contributed by atoms with Gasteiger partial charge >= 0.3 is 5.97 Å². The minimum Gasteiger partial charge on any atom is -0.452 e. The Hall–Kier alpha value is -3.49. The number of anilines is 1. The van der Waals surface area contributed by atoms with E-state index in [-0.39, 0.29) is 18.8 Å². The molecule has 0 bridgehead atoms. The van der Waals surface area contributed by atoms with E-state index in [0.29, 0.717) is 11.4 Å². The van der Waals surface area contributed by atoms with Gasteiger partial charge in [0, 0.05) is 25.7 Å². The minimum absolute atomic E-state index is 0.207. The molecule has 4 rings (SSSR count). The van der Waals surface area contributed by atoms with Gasteiger partial charge in [0.25, 0.3) is 5.91 Å². The molecule has 1 fully saturated rings. The monoisotopic (exact) mass is 476 g/mol. The van der Waals surface area contributed by atoms with Gasteiger partial charge in [0.15, 0.2) is 6.61 Å². The van der Waals surface area contributed by atoms with E-state index in [1.807, 2.05) is 50.2 Å². The van der Waals surface area contributed by atoms with E-state index < -0.39 is 11.9 Å². The predicted octanol–water partition coefficient (Wildman–Crippen LogP) is 3.89. The molecule has 1 amide bonds. The average Bonchev–Trinajstić information content (AvgIpc) is 3.17. The normalized spacial score (nSPS) is 18.3. The van der Waals surface area contributed by atoms with Crippen LogP contribution in [-0.4, -0.2) is 58.5 Å². The molecule has 2 atom stereocenters. The van der Waals surface area contributed by atoms with Crippen molar-refractivity contribution in [2.24, 2.45) is 0 Å². The fourth-order valence-electron chi connectivity index (χ4n) is 4.28. The summed E-state index contributed by atoms with van der Waals surface area (Å²) in [4.78, 5) is 27.3. The number of aryl methyl sites for hydroxylation is 2. The third-order valence-electron chi connectivity index (χ3n) is 5.80. The summed E-state index contributed by atoms with van der Waals surface area (Å²) in [6.45, 7) is 10.2. The van der Waals surface area contributed by atoms with Gasteiger partial charge in [-0.1, -0.05) is 29.8 Å². The summed E-state index contributed by atoms with van der Waals surface area (Å²) < 4.78 is 12.7. The summed E-state index contributed by atoms with van der Waals surface area (Å²) in [6, 6.07) is 16.9. The van der Waals surface area contributed by atoms with Gasteiger partial charge in [-0.25, -0.2) is 9.48 Å². The quantitative estimate of drug-likeness (QED) is 0.521. The van der Waals surface area contributed by atoms with Crippen LogP contribution in [0.4, 0.5) is 5.82 Å². The molecule has 3 aromatic rings. The molecule has 8 nitrogen and oxygen atoms in total. The highest BCUT2D eigenvalue weighted by molar-refractivity contribution is 5.95. The molecule has 1 N–H and O–H groups in total. The molecule has 184 valence electrons. The number of carbonyl (C=O) groups excluding carboxylic acids is 2. The largest absolute Gasteiger partial charge is 0.452 e. The molecule has 8 heteroatoms. The van der Waals surface area contributed by atoms with Crippen LogP contribution in [0.25, 0.3) is 5.69 Å². The number of rotatable bonds is 7. The molecule has 2 heterocycles. The van der Waals surface area contributed by atoms with E-state index >= 15 is 0 Å². The van der Waals surface area contributed by atoms with E-state index in [9.17, 15) is 9.59 Å². The molecule has 0 aliphatic carbocycles. The van der Waals surface area contributed by atoms with Crippen molar-refractivity contribution in [3.63, 3.8) is 0 Å². The van der Waals surface area contributed by atoms with Crippen LogP contribution in [0, 0.1) is 13.8 Å². The molecule has 2 unspecified atom stereocenters. The van der Waals surface area contributed by atoms with Gasteiger partial charge in [0.2, 0.25) is 0 Å². The van der Waals surface area contributed by atoms with Gasteiger partial charge in [-0.15, -0.1) is 0 Å². The van der Waals surface area contributed by atoms with Gasteiger partial charge in [-0.3, -0.25) is 9.69 Å². The highest BCUT2D eigenvalue weighted by atomic mass is 16.5. The maximum Gasteiger partial charge on any atom is 0.338 e. The first kappa shape index (κ1) is 24.6. The van der Waals surface area contributed by atoms with Crippen molar-refractivity contribution in [2.45, 2.75) is 46.4 Å². The maximum atomic E-state index is 12.5. The molecular formula is C27H32N4O4. The number of hydrogen-bond donors (Lipinski definition) is 1. The van der Waals surface area contributed by atoms with E-state index in [2.05, 4.69) is 29.2 Å². The fourth-order valence-corrected chi connectivity index (χ4v) is 4.28. The SMILES string of the molecule is Cc1ccc(-n2nc(C)cc2NC(=O)COC(=O)c2ccc(CN3CC(C)OC(C)C3)cc2)cc1. The number of nitrogens with one attached hydrogen (secondary N) is 1. The lowest BCUT2D eigenvalue weighted by molar-refractivity contribution is -0.119. The number of nitrogens with zero attached hydrogens (tertiary/aromatic N) is 3. The second kappa shape index (κ2) is 10.8. The smallest absolute Gasteiger partial charge is 0.338 e. The van der Waals surface area contributed by atoms with Gasteiger partial charge in [-0.05, 0) is 57.5 Å². The van der Waals surface area contributed by atoms with Crippen LogP contribution in [0.2, 0.25) is 0 Å². The van der Waals surface area contributed by atoms with Gasteiger partial charge in [-0.2, -0.15) is 5.10 Å². The first-order chi connectivity index (χ1) is 16.8. The van der Waals surface area contributed by atoms with Crippen LogP contribution < -0.4 is 5.32 Å². The molecule has 0 saturated carbocycles. The zero-order chi connectivity index (χ0) is 24.9. The summed E-state index contributed by atoms with van der Waals surface area (Å²) in [5.74, 6) is -0.453. The number of benzene rings is 2. The predicted molar refractivity (Wildman–Crippen MR) is 134 cm³/mol.